The van der Waals surface area contributed by atoms with Gasteiger partial charge < -0.3 is 0 Å². The van der Waals surface area contributed by atoms with E-state index in [1.807, 2.05) is 0 Å². The first-order valence-corrected chi connectivity index (χ1v) is 13.9. The molecule has 3 aliphatic carbocycles. The van der Waals surface area contributed by atoms with Crippen molar-refractivity contribution in [1.29, 1.82) is 0 Å². The van der Waals surface area contributed by atoms with Gasteiger partial charge in [-0.05, 0) is 54.0 Å². The van der Waals surface area contributed by atoms with Crippen LogP contribution in [0.25, 0.3) is 0 Å². The van der Waals surface area contributed by atoms with Gasteiger partial charge >= 0.3 is 0 Å². The fourth-order valence-electron chi connectivity index (χ4n) is 5.95. The summed E-state index contributed by atoms with van der Waals surface area (Å²) < 4.78 is 0. The fraction of sp³-hybridized carbons (Fsp3) is 0.815. The van der Waals surface area contributed by atoms with Crippen molar-refractivity contribution in [3.8, 4) is 0 Å². The predicted molar refractivity (Wildman–Crippen MR) is 128 cm³/mol. The van der Waals surface area contributed by atoms with Crippen LogP contribution in [-0.4, -0.2) is 16.5 Å². The van der Waals surface area contributed by atoms with Crippen LogP contribution in [0.3, 0.4) is 0 Å². The van der Waals surface area contributed by atoms with Crippen LogP contribution >= 0.6 is 7.92 Å². The van der Waals surface area contributed by atoms with Crippen LogP contribution in [0.1, 0.15) is 106 Å². The molecule has 0 N–H and O–H groups in total. The van der Waals surface area contributed by atoms with Crippen molar-refractivity contribution in [2.45, 2.75) is 122 Å². The normalized spacial score (nSPS) is 27.1. The zero-order valence-corrected chi connectivity index (χ0v) is 22.4. The summed E-state index contributed by atoms with van der Waals surface area (Å²) in [6.45, 7) is 14.7. The predicted octanol–water partition coefficient (Wildman–Crippen LogP) is 8.91. The maximum Gasteiger partial charge on any atom is 0 e. The third kappa shape index (κ3) is 5.82. The third-order valence-electron chi connectivity index (χ3n) is 7.77. The number of hydrogen-bond donors (Lipinski definition) is 0. The molecule has 0 aromatic rings. The van der Waals surface area contributed by atoms with E-state index in [1.54, 1.807) is 11.1 Å². The molecule has 0 radical (unpaired) electrons. The SMILES string of the molecule is CC(C)C1=CC(C(C)C)(P(C2CCCCC2)C2CCCCC2)[CH-]C(C(C)C)=C1.[Pd]. The topological polar surface area (TPSA) is 0 Å². The van der Waals surface area contributed by atoms with Crippen molar-refractivity contribution in [2.75, 3.05) is 0 Å². The van der Waals surface area contributed by atoms with E-state index in [-0.39, 0.29) is 28.3 Å². The Morgan fingerprint density at radius 1 is 0.793 bits per heavy atom. The number of hydrogen-bond acceptors (Lipinski definition) is 0. The summed E-state index contributed by atoms with van der Waals surface area (Å²) in [5, 5.41) is 0.327. The molecule has 2 fully saturated rings. The standard InChI is InChI=1S/C27H46P.Pd/c1-20(2)23-17-24(21(3)4)19-27(18-23,22(5)6)28(25-13-9-7-10-14-25)26-15-11-8-12-16-26;/h17-22,25-26H,7-16H2,1-6H3;/q-1;. The van der Waals surface area contributed by atoms with Crippen molar-refractivity contribution >= 4 is 7.92 Å². The van der Waals surface area contributed by atoms with Gasteiger partial charge in [0.15, 0.2) is 0 Å². The van der Waals surface area contributed by atoms with Gasteiger partial charge in [0.05, 0.1) is 0 Å². The molecule has 1 unspecified atom stereocenters. The summed E-state index contributed by atoms with van der Waals surface area (Å²) in [6, 6.07) is 0. The Kier molecular flexibility index (Phi) is 10.1. The minimum absolute atomic E-state index is 0. The molecule has 0 spiro atoms. The first-order valence-electron chi connectivity index (χ1n) is 12.4. The van der Waals surface area contributed by atoms with E-state index in [9.17, 15) is 0 Å². The molecule has 0 saturated heterocycles. The van der Waals surface area contributed by atoms with Gasteiger partial charge in [-0.15, -0.1) is 19.6 Å². The molecule has 0 bridgehead atoms. The molecule has 3 aliphatic rings. The molecule has 0 aliphatic heterocycles. The van der Waals surface area contributed by atoms with Gasteiger partial charge in [0.2, 0.25) is 0 Å². The molecule has 0 aromatic carbocycles. The van der Waals surface area contributed by atoms with E-state index < -0.39 is 0 Å². The van der Waals surface area contributed by atoms with Gasteiger partial charge in [-0.25, -0.2) is 18.1 Å². The maximum atomic E-state index is 2.81. The van der Waals surface area contributed by atoms with E-state index in [0.29, 0.717) is 22.9 Å². The van der Waals surface area contributed by atoms with Crippen LogP contribution in [-0.2, 0) is 20.4 Å². The van der Waals surface area contributed by atoms with Crippen LogP contribution in [0.15, 0.2) is 23.3 Å². The molecule has 2 heteroatoms. The number of rotatable bonds is 6. The molecular formula is C27H46PPd-. The van der Waals surface area contributed by atoms with Gasteiger partial charge in [0.25, 0.3) is 0 Å². The smallest absolute Gasteiger partial charge is 0 e. The zero-order chi connectivity index (χ0) is 20.3. The number of allylic oxidation sites excluding steroid dienone is 4. The van der Waals surface area contributed by atoms with Crippen molar-refractivity contribution in [2.24, 2.45) is 17.8 Å². The quantitative estimate of drug-likeness (QED) is 0.191. The maximum absolute atomic E-state index is 2.81. The van der Waals surface area contributed by atoms with Gasteiger partial charge in [-0.2, -0.15) is 0 Å². The second-order valence-corrected chi connectivity index (χ2v) is 13.8. The van der Waals surface area contributed by atoms with Crippen LogP contribution in [0, 0.1) is 24.2 Å². The third-order valence-corrected chi connectivity index (χ3v) is 12.0. The molecule has 0 aromatic heterocycles. The van der Waals surface area contributed by atoms with Crippen molar-refractivity contribution in [3.05, 3.63) is 29.7 Å². The van der Waals surface area contributed by atoms with Gasteiger partial charge in [0, 0.05) is 20.4 Å². The van der Waals surface area contributed by atoms with Crippen molar-refractivity contribution in [3.63, 3.8) is 0 Å². The molecule has 0 amide bonds. The van der Waals surface area contributed by atoms with Gasteiger partial charge in [-0.3, -0.25) is 0 Å². The first kappa shape index (κ1) is 25.7. The monoisotopic (exact) mass is 507 g/mol. The summed E-state index contributed by atoms with van der Waals surface area (Å²) in [4.78, 5) is 0. The Morgan fingerprint density at radius 2 is 1.28 bits per heavy atom. The molecule has 170 valence electrons. The van der Waals surface area contributed by atoms with E-state index in [2.05, 4.69) is 60.1 Å². The fourth-order valence-corrected chi connectivity index (χ4v) is 10.8. The average Bonchev–Trinajstić information content (AvgIpc) is 2.69. The Balaban J connectivity index is 0.00000300. The van der Waals surface area contributed by atoms with E-state index in [0.717, 1.165) is 11.3 Å². The van der Waals surface area contributed by atoms with Gasteiger partial charge in [-0.1, -0.05) is 86.0 Å². The zero-order valence-electron chi connectivity index (χ0n) is 20.0. The summed E-state index contributed by atoms with van der Waals surface area (Å²) in [6.07, 6.45) is 23.1. The van der Waals surface area contributed by atoms with Crippen LogP contribution in [0.5, 0.6) is 0 Å². The molecule has 1 atom stereocenters. The van der Waals surface area contributed by atoms with E-state index in [1.165, 1.54) is 64.2 Å². The van der Waals surface area contributed by atoms with E-state index >= 15 is 0 Å². The molecular weight excluding hydrogens is 462 g/mol. The summed E-state index contributed by atoms with van der Waals surface area (Å²) in [7, 11) is -0.0144. The second kappa shape index (κ2) is 11.3. The minimum atomic E-state index is -0.0144. The average molecular weight is 508 g/mol. The van der Waals surface area contributed by atoms with Crippen LogP contribution in [0.2, 0.25) is 0 Å². The van der Waals surface area contributed by atoms with Crippen molar-refractivity contribution < 1.29 is 20.4 Å². The Labute approximate surface area is 197 Å². The Bertz CT molecular complexity index is 543. The molecule has 0 heterocycles. The molecule has 0 nitrogen and oxygen atoms in total. The summed E-state index contributed by atoms with van der Waals surface area (Å²) >= 11 is 0. The summed E-state index contributed by atoms with van der Waals surface area (Å²) in [5.41, 5.74) is 5.25. The first-order chi connectivity index (χ1) is 13.3. The Morgan fingerprint density at radius 3 is 1.66 bits per heavy atom. The summed E-state index contributed by atoms with van der Waals surface area (Å²) in [5.74, 6) is 1.98. The van der Waals surface area contributed by atoms with Gasteiger partial charge in [0.1, 0.15) is 0 Å². The molecule has 3 rings (SSSR count). The molecule has 29 heavy (non-hydrogen) atoms. The van der Waals surface area contributed by atoms with E-state index in [4.69, 9.17) is 0 Å². The minimum Gasteiger partial charge on any atom is -0.213 e. The second-order valence-electron chi connectivity index (χ2n) is 10.8. The van der Waals surface area contributed by atoms with Crippen LogP contribution < -0.4 is 0 Å². The van der Waals surface area contributed by atoms with Crippen molar-refractivity contribution in [1.82, 2.24) is 0 Å². The molecule has 2 saturated carbocycles. The largest absolute Gasteiger partial charge is 0.213 e. The van der Waals surface area contributed by atoms with Crippen LogP contribution in [0.4, 0.5) is 0 Å². The Hall–Kier alpha value is 0.442.